The maximum absolute atomic E-state index is 11.9. The van der Waals surface area contributed by atoms with Crippen LogP contribution in [0.3, 0.4) is 0 Å². The molecule has 144 valence electrons. The molecule has 0 radical (unpaired) electrons. The number of hydrogen-bond donors (Lipinski definition) is 1. The van der Waals surface area contributed by atoms with E-state index in [1.165, 1.54) is 18.9 Å². The van der Waals surface area contributed by atoms with Gasteiger partial charge in [0.15, 0.2) is 6.61 Å². The van der Waals surface area contributed by atoms with Crippen molar-refractivity contribution in [3.8, 4) is 0 Å². The zero-order valence-corrected chi connectivity index (χ0v) is 16.7. The molecule has 0 aromatic heterocycles. The van der Waals surface area contributed by atoms with Gasteiger partial charge in [-0.1, -0.05) is 31.9 Å². The van der Waals surface area contributed by atoms with Crippen LogP contribution >= 0.6 is 23.4 Å². The Morgan fingerprint density at radius 2 is 1.88 bits per heavy atom. The third-order valence-electron chi connectivity index (χ3n) is 3.74. The monoisotopic (exact) mass is 401 g/mol. The van der Waals surface area contributed by atoms with Gasteiger partial charge in [-0.05, 0) is 30.2 Å². The highest BCUT2D eigenvalue weighted by atomic mass is 35.5. The van der Waals surface area contributed by atoms with E-state index in [9.17, 15) is 14.4 Å². The Bertz CT molecular complexity index is 608. The maximum Gasteiger partial charge on any atom is 0.328 e. The summed E-state index contributed by atoms with van der Waals surface area (Å²) in [6.45, 7) is 3.32. The van der Waals surface area contributed by atoms with Crippen LogP contribution in [-0.2, 0) is 23.9 Å². The molecule has 1 rings (SSSR count). The molecule has 1 amide bonds. The van der Waals surface area contributed by atoms with Crippen LogP contribution in [0.15, 0.2) is 29.2 Å². The average molecular weight is 402 g/mol. The molecule has 0 aliphatic rings. The van der Waals surface area contributed by atoms with Crippen LogP contribution in [-0.4, -0.2) is 43.4 Å². The maximum atomic E-state index is 11.9. The van der Waals surface area contributed by atoms with Crippen molar-refractivity contribution in [2.75, 3.05) is 19.5 Å². The minimum Gasteiger partial charge on any atom is -0.467 e. The molecule has 0 aliphatic carbocycles. The Morgan fingerprint density at radius 3 is 2.46 bits per heavy atom. The van der Waals surface area contributed by atoms with Gasteiger partial charge in [-0.2, -0.15) is 0 Å². The van der Waals surface area contributed by atoms with Crippen LogP contribution in [0.25, 0.3) is 0 Å². The van der Waals surface area contributed by atoms with Crippen molar-refractivity contribution < 1.29 is 23.9 Å². The number of carbonyl (C=O) groups excluding carboxylic acids is 3. The van der Waals surface area contributed by atoms with Crippen molar-refractivity contribution in [2.24, 2.45) is 5.92 Å². The predicted octanol–water partition coefficient (Wildman–Crippen LogP) is 3.07. The zero-order chi connectivity index (χ0) is 19.5. The van der Waals surface area contributed by atoms with Gasteiger partial charge in [0.2, 0.25) is 0 Å². The fraction of sp³-hybridized carbons (Fsp3) is 0.500. The second-order valence-electron chi connectivity index (χ2n) is 5.67. The zero-order valence-electron chi connectivity index (χ0n) is 15.1. The van der Waals surface area contributed by atoms with Crippen LogP contribution in [0.4, 0.5) is 0 Å². The fourth-order valence-electron chi connectivity index (χ4n) is 2.01. The van der Waals surface area contributed by atoms with Gasteiger partial charge in [-0.3, -0.25) is 9.59 Å². The molecule has 1 aromatic rings. The van der Waals surface area contributed by atoms with E-state index in [2.05, 4.69) is 5.32 Å². The molecule has 8 heteroatoms. The lowest BCUT2D eigenvalue weighted by Crippen LogP contribution is -2.47. The van der Waals surface area contributed by atoms with E-state index in [0.29, 0.717) is 17.2 Å². The van der Waals surface area contributed by atoms with Crippen molar-refractivity contribution in [1.29, 1.82) is 0 Å². The first-order valence-electron chi connectivity index (χ1n) is 8.28. The van der Waals surface area contributed by atoms with E-state index in [4.69, 9.17) is 21.1 Å². The second kappa shape index (κ2) is 11.8. The number of rotatable bonds is 10. The molecule has 1 N–H and O–H groups in total. The van der Waals surface area contributed by atoms with E-state index in [-0.39, 0.29) is 12.3 Å². The van der Waals surface area contributed by atoms with Gasteiger partial charge in [0.1, 0.15) is 6.04 Å². The summed E-state index contributed by atoms with van der Waals surface area (Å²) < 4.78 is 9.64. The molecule has 0 heterocycles. The molecule has 0 aliphatic heterocycles. The lowest BCUT2D eigenvalue weighted by Gasteiger charge is -2.21. The topological polar surface area (TPSA) is 81.7 Å². The van der Waals surface area contributed by atoms with Crippen LogP contribution in [0, 0.1) is 5.92 Å². The Morgan fingerprint density at radius 1 is 1.23 bits per heavy atom. The van der Waals surface area contributed by atoms with Gasteiger partial charge in [-0.15, -0.1) is 11.8 Å². The van der Waals surface area contributed by atoms with E-state index in [1.807, 2.05) is 26.0 Å². The number of thioether (sulfide) groups is 1. The number of halogens is 1. The van der Waals surface area contributed by atoms with E-state index in [1.54, 1.807) is 12.1 Å². The third kappa shape index (κ3) is 8.10. The first-order valence-corrected chi connectivity index (χ1v) is 9.64. The summed E-state index contributed by atoms with van der Waals surface area (Å²) in [6, 6.07) is 6.54. The van der Waals surface area contributed by atoms with Crippen molar-refractivity contribution in [1.82, 2.24) is 5.32 Å². The Labute approximate surface area is 162 Å². The number of hydrogen-bond acceptors (Lipinski definition) is 6. The fourth-order valence-corrected chi connectivity index (χ4v) is 2.97. The first-order chi connectivity index (χ1) is 12.4. The highest BCUT2D eigenvalue weighted by molar-refractivity contribution is 7.99. The molecule has 0 saturated heterocycles. The standard InChI is InChI=1S/C18H24ClNO5S/c1-4-12(2)17(18(23)24-3)20-15(21)11-25-16(22)9-10-26-14-7-5-13(19)6-8-14/h5-8,12,17H,4,9-11H2,1-3H3,(H,20,21)/t12-,17+/m1/s1. The Hall–Kier alpha value is -1.73. The summed E-state index contributed by atoms with van der Waals surface area (Å²) in [5.74, 6) is -1.07. The number of esters is 2. The number of benzene rings is 1. The van der Waals surface area contributed by atoms with Crippen molar-refractivity contribution >= 4 is 41.2 Å². The summed E-state index contributed by atoms with van der Waals surface area (Å²) in [4.78, 5) is 36.4. The lowest BCUT2D eigenvalue weighted by molar-refractivity contribution is -0.150. The minimum atomic E-state index is -0.753. The molecule has 0 spiro atoms. The van der Waals surface area contributed by atoms with Gasteiger partial charge < -0.3 is 14.8 Å². The lowest BCUT2D eigenvalue weighted by atomic mass is 9.99. The van der Waals surface area contributed by atoms with Crippen molar-refractivity contribution in [2.45, 2.75) is 37.6 Å². The predicted molar refractivity (Wildman–Crippen MR) is 101 cm³/mol. The van der Waals surface area contributed by atoms with Gasteiger partial charge >= 0.3 is 11.9 Å². The SMILES string of the molecule is CC[C@@H](C)[C@H](NC(=O)COC(=O)CCSc1ccc(Cl)cc1)C(=O)OC. The van der Waals surface area contributed by atoms with Crippen molar-refractivity contribution in [3.63, 3.8) is 0 Å². The Kier molecular flexibility index (Phi) is 10.1. The number of nitrogens with one attached hydrogen (secondary N) is 1. The van der Waals surface area contributed by atoms with E-state index < -0.39 is 30.5 Å². The largest absolute Gasteiger partial charge is 0.467 e. The minimum absolute atomic E-state index is 0.0853. The van der Waals surface area contributed by atoms with Gasteiger partial charge in [0, 0.05) is 15.7 Å². The molecular formula is C18H24ClNO5S. The second-order valence-corrected chi connectivity index (χ2v) is 7.27. The highest BCUT2D eigenvalue weighted by Gasteiger charge is 2.26. The number of amides is 1. The van der Waals surface area contributed by atoms with Crippen LogP contribution in [0.5, 0.6) is 0 Å². The third-order valence-corrected chi connectivity index (χ3v) is 5.00. The molecule has 0 bridgehead atoms. The number of carbonyl (C=O) groups is 3. The van der Waals surface area contributed by atoms with Crippen molar-refractivity contribution in [3.05, 3.63) is 29.3 Å². The molecule has 0 saturated carbocycles. The van der Waals surface area contributed by atoms with Crippen LogP contribution in [0.2, 0.25) is 5.02 Å². The molecular weight excluding hydrogens is 378 g/mol. The van der Waals surface area contributed by atoms with Gasteiger partial charge in [0.05, 0.1) is 13.5 Å². The summed E-state index contributed by atoms with van der Waals surface area (Å²) in [5.41, 5.74) is 0. The number of methoxy groups -OCH3 is 1. The average Bonchev–Trinajstić information content (AvgIpc) is 2.64. The van der Waals surface area contributed by atoms with Gasteiger partial charge in [-0.25, -0.2) is 4.79 Å². The number of ether oxygens (including phenoxy) is 2. The normalized spacial score (nSPS) is 12.8. The quantitative estimate of drug-likeness (QED) is 0.479. The van der Waals surface area contributed by atoms with Crippen LogP contribution in [0.1, 0.15) is 26.7 Å². The van der Waals surface area contributed by atoms with Crippen LogP contribution < -0.4 is 5.32 Å². The molecule has 0 unspecified atom stereocenters. The summed E-state index contributed by atoms with van der Waals surface area (Å²) in [6.07, 6.45) is 0.869. The highest BCUT2D eigenvalue weighted by Crippen LogP contribution is 2.21. The molecule has 26 heavy (non-hydrogen) atoms. The molecule has 0 fully saturated rings. The Balaban J connectivity index is 2.33. The molecule has 2 atom stereocenters. The summed E-state index contributed by atoms with van der Waals surface area (Å²) in [7, 11) is 1.27. The van der Waals surface area contributed by atoms with Gasteiger partial charge in [0.25, 0.3) is 5.91 Å². The van der Waals surface area contributed by atoms with E-state index >= 15 is 0 Å². The first kappa shape index (κ1) is 22.3. The molecule has 1 aromatic carbocycles. The van der Waals surface area contributed by atoms with E-state index in [0.717, 1.165) is 4.90 Å². The molecule has 6 nitrogen and oxygen atoms in total. The summed E-state index contributed by atoms with van der Waals surface area (Å²) >= 11 is 7.31. The summed E-state index contributed by atoms with van der Waals surface area (Å²) in [5, 5.41) is 3.21. The smallest absolute Gasteiger partial charge is 0.328 e.